The molecule has 0 bridgehead atoms. The second-order valence-corrected chi connectivity index (χ2v) is 6.02. The van der Waals surface area contributed by atoms with Gasteiger partial charge in [0.2, 0.25) is 5.75 Å². The molecule has 1 aromatic rings. The van der Waals surface area contributed by atoms with Gasteiger partial charge in [-0.2, -0.15) is 0 Å². The largest absolute Gasteiger partial charge is 0.493 e. The Hall–Kier alpha value is -1.99. The first kappa shape index (κ1) is 18.4. The second kappa shape index (κ2) is 7.72. The van der Waals surface area contributed by atoms with E-state index in [9.17, 15) is 9.90 Å². The molecular formula is C17H26N2O5. The Morgan fingerprint density at radius 3 is 2.17 bits per heavy atom. The molecule has 134 valence electrons. The predicted molar refractivity (Wildman–Crippen MR) is 90.1 cm³/mol. The number of nitrogens with zero attached hydrogens (tertiary/aromatic N) is 2. The van der Waals surface area contributed by atoms with E-state index in [0.717, 1.165) is 6.54 Å². The molecule has 2 atom stereocenters. The van der Waals surface area contributed by atoms with Gasteiger partial charge < -0.3 is 24.2 Å². The lowest BCUT2D eigenvalue weighted by Crippen LogP contribution is -2.52. The fourth-order valence-corrected chi connectivity index (χ4v) is 3.08. The molecule has 0 amide bonds. The van der Waals surface area contributed by atoms with E-state index < -0.39 is 12.0 Å². The zero-order valence-electron chi connectivity index (χ0n) is 14.9. The van der Waals surface area contributed by atoms with Crippen LogP contribution in [-0.2, 0) is 4.79 Å². The van der Waals surface area contributed by atoms with Crippen molar-refractivity contribution in [1.29, 1.82) is 0 Å². The average molecular weight is 338 g/mol. The maximum atomic E-state index is 12.0. The zero-order chi connectivity index (χ0) is 17.9. The number of carboxylic acids is 1. The van der Waals surface area contributed by atoms with Gasteiger partial charge in [0.1, 0.15) is 6.04 Å². The molecule has 0 saturated carbocycles. The first-order chi connectivity index (χ1) is 11.4. The van der Waals surface area contributed by atoms with E-state index in [1.807, 2.05) is 4.90 Å². The number of ether oxygens (including phenoxy) is 3. The van der Waals surface area contributed by atoms with Crippen LogP contribution in [0, 0.1) is 0 Å². The predicted octanol–water partition coefficient (Wildman–Crippen LogP) is 1.47. The Kier molecular flexibility index (Phi) is 5.90. The lowest BCUT2D eigenvalue weighted by Gasteiger charge is -2.40. The van der Waals surface area contributed by atoms with Crippen LogP contribution in [0.2, 0.25) is 0 Å². The molecule has 1 heterocycles. The molecule has 1 aromatic carbocycles. The monoisotopic (exact) mass is 338 g/mol. The van der Waals surface area contributed by atoms with Crippen LogP contribution in [-0.4, -0.2) is 74.9 Å². The van der Waals surface area contributed by atoms with Crippen LogP contribution in [0.1, 0.15) is 18.5 Å². The number of methoxy groups -OCH3 is 3. The first-order valence-electron chi connectivity index (χ1n) is 7.89. The molecular weight excluding hydrogens is 312 g/mol. The number of piperazine rings is 1. The molecule has 1 aliphatic rings. The number of hydrogen-bond acceptors (Lipinski definition) is 6. The topological polar surface area (TPSA) is 71.5 Å². The lowest BCUT2D eigenvalue weighted by molar-refractivity contribution is -0.144. The smallest absolute Gasteiger partial charge is 0.325 e. The number of benzene rings is 1. The van der Waals surface area contributed by atoms with Crippen molar-refractivity contribution in [2.45, 2.75) is 19.0 Å². The first-order valence-corrected chi connectivity index (χ1v) is 7.89. The molecule has 1 N–H and O–H groups in total. The quantitative estimate of drug-likeness (QED) is 0.842. The summed E-state index contributed by atoms with van der Waals surface area (Å²) in [5.74, 6) is 0.487. The van der Waals surface area contributed by atoms with Crippen LogP contribution in [0.4, 0.5) is 0 Å². The number of rotatable bonds is 6. The van der Waals surface area contributed by atoms with Crippen LogP contribution in [0.5, 0.6) is 17.2 Å². The zero-order valence-corrected chi connectivity index (χ0v) is 14.9. The molecule has 2 unspecified atom stereocenters. The number of carboxylic acid groups (broad SMARTS) is 1. The molecule has 0 aliphatic carbocycles. The van der Waals surface area contributed by atoms with Crippen LogP contribution in [0.15, 0.2) is 12.1 Å². The van der Waals surface area contributed by atoms with E-state index in [0.29, 0.717) is 41.9 Å². The summed E-state index contributed by atoms with van der Waals surface area (Å²) in [6, 6.07) is 2.96. The van der Waals surface area contributed by atoms with Crippen molar-refractivity contribution in [1.82, 2.24) is 9.80 Å². The molecule has 24 heavy (non-hydrogen) atoms. The standard InChI is InChI=1S/C17H26N2O5/c1-11-10-19(7-6-18(11)2)15(17(20)21)12-8-13(22-3)16(24-5)14(9-12)23-4/h8-9,11,15H,6-7,10H2,1-5H3,(H,20,21). The Morgan fingerprint density at radius 2 is 1.75 bits per heavy atom. The fourth-order valence-electron chi connectivity index (χ4n) is 3.08. The summed E-state index contributed by atoms with van der Waals surface area (Å²) in [5, 5.41) is 9.82. The summed E-state index contributed by atoms with van der Waals surface area (Å²) in [7, 11) is 6.62. The number of aliphatic carboxylic acids is 1. The summed E-state index contributed by atoms with van der Waals surface area (Å²) in [5.41, 5.74) is 0.619. The summed E-state index contributed by atoms with van der Waals surface area (Å²) < 4.78 is 16.0. The summed E-state index contributed by atoms with van der Waals surface area (Å²) >= 11 is 0. The fraction of sp³-hybridized carbons (Fsp3) is 0.588. The van der Waals surface area contributed by atoms with Crippen molar-refractivity contribution in [2.75, 3.05) is 48.0 Å². The van der Waals surface area contributed by atoms with Crippen LogP contribution in [0.3, 0.4) is 0 Å². The molecule has 1 fully saturated rings. The summed E-state index contributed by atoms with van der Waals surface area (Å²) in [6.45, 7) is 4.30. The Balaban J connectivity index is 2.43. The maximum Gasteiger partial charge on any atom is 0.325 e. The molecule has 0 spiro atoms. The van der Waals surface area contributed by atoms with Crippen LogP contribution >= 0.6 is 0 Å². The van der Waals surface area contributed by atoms with Gasteiger partial charge in [-0.3, -0.25) is 9.69 Å². The van der Waals surface area contributed by atoms with Gasteiger partial charge >= 0.3 is 5.97 Å². The summed E-state index contributed by atoms with van der Waals surface area (Å²) in [4.78, 5) is 16.2. The minimum absolute atomic E-state index is 0.294. The third-order valence-corrected chi connectivity index (χ3v) is 4.59. The molecule has 7 nitrogen and oxygen atoms in total. The van der Waals surface area contributed by atoms with E-state index >= 15 is 0 Å². The Labute approximate surface area is 142 Å². The third kappa shape index (κ3) is 3.57. The maximum absolute atomic E-state index is 12.0. The van der Waals surface area contributed by atoms with Gasteiger partial charge in [-0.25, -0.2) is 0 Å². The van der Waals surface area contributed by atoms with Gasteiger partial charge in [-0.1, -0.05) is 0 Å². The van der Waals surface area contributed by atoms with E-state index in [4.69, 9.17) is 14.2 Å². The van der Waals surface area contributed by atoms with Gasteiger partial charge in [-0.05, 0) is 31.7 Å². The van der Waals surface area contributed by atoms with Crippen molar-refractivity contribution < 1.29 is 24.1 Å². The molecule has 1 saturated heterocycles. The van der Waals surface area contributed by atoms with Crippen molar-refractivity contribution >= 4 is 5.97 Å². The SMILES string of the molecule is COc1cc(C(C(=O)O)N2CCN(C)C(C)C2)cc(OC)c1OC. The lowest BCUT2D eigenvalue weighted by atomic mass is 10.0. The normalized spacial score (nSPS) is 20.5. The van der Waals surface area contributed by atoms with Crippen molar-refractivity contribution in [3.8, 4) is 17.2 Å². The minimum atomic E-state index is -0.888. The van der Waals surface area contributed by atoms with Crippen molar-refractivity contribution in [2.24, 2.45) is 0 Å². The average Bonchev–Trinajstić information content (AvgIpc) is 2.56. The van der Waals surface area contributed by atoms with Crippen molar-refractivity contribution in [3.63, 3.8) is 0 Å². The third-order valence-electron chi connectivity index (χ3n) is 4.59. The molecule has 0 radical (unpaired) electrons. The minimum Gasteiger partial charge on any atom is -0.493 e. The van der Waals surface area contributed by atoms with Gasteiger partial charge in [-0.15, -0.1) is 0 Å². The highest BCUT2D eigenvalue weighted by molar-refractivity contribution is 5.76. The van der Waals surface area contributed by atoms with E-state index in [2.05, 4.69) is 18.9 Å². The molecule has 7 heteroatoms. The number of hydrogen-bond donors (Lipinski definition) is 1. The highest BCUT2D eigenvalue weighted by atomic mass is 16.5. The van der Waals surface area contributed by atoms with E-state index in [1.165, 1.54) is 21.3 Å². The molecule has 2 rings (SSSR count). The van der Waals surface area contributed by atoms with Gasteiger partial charge in [0.25, 0.3) is 0 Å². The number of carbonyl (C=O) groups is 1. The second-order valence-electron chi connectivity index (χ2n) is 6.02. The van der Waals surface area contributed by atoms with Crippen LogP contribution < -0.4 is 14.2 Å². The highest BCUT2D eigenvalue weighted by Gasteiger charge is 2.33. The highest BCUT2D eigenvalue weighted by Crippen LogP contribution is 2.41. The van der Waals surface area contributed by atoms with E-state index in [-0.39, 0.29) is 0 Å². The van der Waals surface area contributed by atoms with Gasteiger partial charge in [0.05, 0.1) is 21.3 Å². The summed E-state index contributed by atoms with van der Waals surface area (Å²) in [6.07, 6.45) is 0. The van der Waals surface area contributed by atoms with Crippen LogP contribution in [0.25, 0.3) is 0 Å². The Bertz CT molecular complexity index is 567. The number of likely N-dealkylation sites (N-methyl/N-ethyl adjacent to an activating group) is 1. The molecule has 0 aromatic heterocycles. The van der Waals surface area contributed by atoms with Crippen molar-refractivity contribution in [3.05, 3.63) is 17.7 Å². The molecule has 1 aliphatic heterocycles. The van der Waals surface area contributed by atoms with E-state index in [1.54, 1.807) is 12.1 Å². The Morgan fingerprint density at radius 1 is 1.17 bits per heavy atom. The van der Waals surface area contributed by atoms with Gasteiger partial charge in [0.15, 0.2) is 11.5 Å². The van der Waals surface area contributed by atoms with Gasteiger partial charge in [0, 0.05) is 25.7 Å².